The van der Waals surface area contributed by atoms with E-state index in [0.29, 0.717) is 0 Å². The lowest BCUT2D eigenvalue weighted by atomic mass is 10.1. The fourth-order valence-electron chi connectivity index (χ4n) is 2.10. The quantitative estimate of drug-likeness (QED) is 0.899. The second kappa shape index (κ2) is 7.08. The first kappa shape index (κ1) is 16.2. The van der Waals surface area contributed by atoms with Crippen LogP contribution in [0, 0.1) is 13.8 Å². The fourth-order valence-corrected chi connectivity index (χ4v) is 2.10. The van der Waals surface area contributed by atoms with E-state index < -0.39 is 0 Å². The molecular weight excluding hydrogens is 252 g/mol. The highest BCUT2D eigenvalue weighted by molar-refractivity contribution is 5.95. The molecule has 0 heterocycles. The summed E-state index contributed by atoms with van der Waals surface area (Å²) >= 11 is 0. The van der Waals surface area contributed by atoms with E-state index in [-0.39, 0.29) is 24.4 Å². The van der Waals surface area contributed by atoms with Crippen LogP contribution < -0.4 is 5.32 Å². The molecule has 4 heteroatoms. The van der Waals surface area contributed by atoms with Crippen LogP contribution in [-0.4, -0.2) is 29.3 Å². The van der Waals surface area contributed by atoms with Gasteiger partial charge in [-0.15, -0.1) is 0 Å². The van der Waals surface area contributed by atoms with Gasteiger partial charge < -0.3 is 10.2 Å². The van der Waals surface area contributed by atoms with Crippen molar-refractivity contribution in [1.82, 2.24) is 4.90 Å². The van der Waals surface area contributed by atoms with Crippen LogP contribution in [-0.2, 0) is 9.59 Å². The maximum Gasteiger partial charge on any atom is 0.244 e. The van der Waals surface area contributed by atoms with Gasteiger partial charge in [-0.05, 0) is 38.8 Å². The number of carbonyl (C=O) groups excluding carboxylic acids is 2. The number of amides is 2. The van der Waals surface area contributed by atoms with Crippen LogP contribution in [0.4, 0.5) is 5.69 Å². The van der Waals surface area contributed by atoms with Crippen molar-refractivity contribution in [3.05, 3.63) is 29.3 Å². The highest BCUT2D eigenvalue weighted by atomic mass is 16.2. The van der Waals surface area contributed by atoms with E-state index in [9.17, 15) is 9.59 Å². The Hall–Kier alpha value is -1.84. The van der Waals surface area contributed by atoms with Gasteiger partial charge in [-0.3, -0.25) is 9.59 Å². The van der Waals surface area contributed by atoms with E-state index in [1.165, 1.54) is 6.92 Å². The number of benzene rings is 1. The third-order valence-corrected chi connectivity index (χ3v) is 3.50. The van der Waals surface area contributed by atoms with Crippen LogP contribution in [0.1, 0.15) is 38.3 Å². The van der Waals surface area contributed by atoms with Gasteiger partial charge in [-0.1, -0.05) is 24.6 Å². The van der Waals surface area contributed by atoms with Crippen LogP contribution in [0.3, 0.4) is 0 Å². The lowest BCUT2D eigenvalue weighted by Gasteiger charge is -2.26. The van der Waals surface area contributed by atoms with Gasteiger partial charge in [-0.2, -0.15) is 0 Å². The molecule has 1 aromatic carbocycles. The molecule has 0 spiro atoms. The van der Waals surface area contributed by atoms with Crippen molar-refractivity contribution in [2.45, 2.75) is 47.1 Å². The Balaban J connectivity index is 2.73. The molecule has 110 valence electrons. The molecule has 20 heavy (non-hydrogen) atoms. The van der Waals surface area contributed by atoms with Crippen molar-refractivity contribution >= 4 is 17.5 Å². The first-order valence-electron chi connectivity index (χ1n) is 6.99. The molecule has 0 aliphatic rings. The van der Waals surface area contributed by atoms with E-state index in [1.807, 2.05) is 45.9 Å². The Bertz CT molecular complexity index is 497. The molecule has 0 saturated heterocycles. The summed E-state index contributed by atoms with van der Waals surface area (Å²) in [5.74, 6) is -0.234. The molecule has 0 aliphatic heterocycles. The van der Waals surface area contributed by atoms with Gasteiger partial charge in [0.2, 0.25) is 11.8 Å². The Kier molecular flexibility index (Phi) is 5.74. The van der Waals surface area contributed by atoms with Crippen molar-refractivity contribution in [2.24, 2.45) is 0 Å². The van der Waals surface area contributed by atoms with Gasteiger partial charge in [0.1, 0.15) is 6.54 Å². The van der Waals surface area contributed by atoms with E-state index >= 15 is 0 Å². The summed E-state index contributed by atoms with van der Waals surface area (Å²) in [4.78, 5) is 25.3. The molecule has 0 aliphatic carbocycles. The minimum absolute atomic E-state index is 0.0670. The molecule has 0 fully saturated rings. The van der Waals surface area contributed by atoms with Crippen LogP contribution >= 0.6 is 0 Å². The van der Waals surface area contributed by atoms with Crippen LogP contribution in [0.2, 0.25) is 0 Å². The molecule has 1 aromatic rings. The fraction of sp³-hybridized carbons (Fsp3) is 0.500. The van der Waals surface area contributed by atoms with Gasteiger partial charge in [0.15, 0.2) is 0 Å². The maximum atomic E-state index is 12.1. The largest absolute Gasteiger partial charge is 0.331 e. The molecule has 1 N–H and O–H groups in total. The Morgan fingerprint density at radius 3 is 2.45 bits per heavy atom. The van der Waals surface area contributed by atoms with Gasteiger partial charge in [0, 0.05) is 18.7 Å². The van der Waals surface area contributed by atoms with Crippen molar-refractivity contribution in [3.8, 4) is 0 Å². The summed E-state index contributed by atoms with van der Waals surface area (Å²) in [6.45, 7) is 9.52. The maximum absolute atomic E-state index is 12.1. The van der Waals surface area contributed by atoms with Gasteiger partial charge in [0.05, 0.1) is 0 Å². The van der Waals surface area contributed by atoms with Crippen molar-refractivity contribution < 1.29 is 9.59 Å². The minimum Gasteiger partial charge on any atom is -0.331 e. The predicted octanol–water partition coefficient (Wildman–Crippen LogP) is 2.89. The Labute approximate surface area is 121 Å². The molecule has 1 rings (SSSR count). The summed E-state index contributed by atoms with van der Waals surface area (Å²) in [5, 5.41) is 2.87. The lowest BCUT2D eigenvalue weighted by Crippen LogP contribution is -2.42. The normalized spacial score (nSPS) is 11.8. The Morgan fingerprint density at radius 2 is 1.95 bits per heavy atom. The number of hydrogen-bond donors (Lipinski definition) is 1. The second-order valence-electron chi connectivity index (χ2n) is 5.27. The molecule has 0 bridgehead atoms. The number of rotatable bonds is 5. The first-order valence-corrected chi connectivity index (χ1v) is 6.99. The number of nitrogens with one attached hydrogen (secondary N) is 1. The summed E-state index contributed by atoms with van der Waals surface area (Å²) in [6, 6.07) is 5.94. The van der Waals surface area contributed by atoms with Crippen LogP contribution in [0.5, 0.6) is 0 Å². The minimum atomic E-state index is -0.160. The molecule has 2 amide bonds. The summed E-state index contributed by atoms with van der Waals surface area (Å²) < 4.78 is 0. The van der Waals surface area contributed by atoms with E-state index in [0.717, 1.165) is 23.2 Å². The number of nitrogens with zero attached hydrogens (tertiary/aromatic N) is 1. The predicted molar refractivity (Wildman–Crippen MR) is 81.7 cm³/mol. The standard InChI is InChI=1S/C16H24N2O2/c1-6-13(4)18(14(5)19)10-16(20)17-15-8-7-11(2)9-12(15)3/h7-9,13H,6,10H2,1-5H3,(H,17,20). The molecular formula is C16H24N2O2. The van der Waals surface area contributed by atoms with Gasteiger partial charge in [-0.25, -0.2) is 0 Å². The van der Waals surface area contributed by atoms with E-state index in [1.54, 1.807) is 4.90 Å². The molecule has 0 saturated carbocycles. The van der Waals surface area contributed by atoms with Crippen LogP contribution in [0.15, 0.2) is 18.2 Å². The average molecular weight is 276 g/mol. The number of aryl methyl sites for hydroxylation is 2. The van der Waals surface area contributed by atoms with Gasteiger partial charge in [0.25, 0.3) is 0 Å². The number of carbonyl (C=O) groups is 2. The third kappa shape index (κ3) is 4.37. The zero-order valence-corrected chi connectivity index (χ0v) is 13.0. The monoisotopic (exact) mass is 276 g/mol. The van der Waals surface area contributed by atoms with Crippen molar-refractivity contribution in [2.75, 3.05) is 11.9 Å². The topological polar surface area (TPSA) is 49.4 Å². The second-order valence-corrected chi connectivity index (χ2v) is 5.27. The summed E-state index contributed by atoms with van der Waals surface area (Å²) in [5.41, 5.74) is 2.98. The highest BCUT2D eigenvalue weighted by Crippen LogP contribution is 2.16. The number of anilines is 1. The summed E-state index contributed by atoms with van der Waals surface area (Å²) in [7, 11) is 0. The molecule has 1 unspecified atom stereocenters. The molecule has 1 atom stereocenters. The average Bonchev–Trinajstić information content (AvgIpc) is 2.38. The highest BCUT2D eigenvalue weighted by Gasteiger charge is 2.18. The third-order valence-electron chi connectivity index (χ3n) is 3.50. The van der Waals surface area contributed by atoms with Gasteiger partial charge >= 0.3 is 0 Å². The molecule has 0 radical (unpaired) electrons. The zero-order valence-electron chi connectivity index (χ0n) is 13.0. The van der Waals surface area contributed by atoms with Crippen LogP contribution in [0.25, 0.3) is 0 Å². The molecule has 0 aromatic heterocycles. The molecule has 4 nitrogen and oxygen atoms in total. The van der Waals surface area contributed by atoms with Crippen molar-refractivity contribution in [1.29, 1.82) is 0 Å². The summed E-state index contributed by atoms with van der Waals surface area (Å²) in [6.07, 6.45) is 0.830. The van der Waals surface area contributed by atoms with E-state index in [4.69, 9.17) is 0 Å². The number of hydrogen-bond acceptors (Lipinski definition) is 2. The SMILES string of the molecule is CCC(C)N(CC(=O)Nc1ccc(C)cc1C)C(C)=O. The first-order chi connectivity index (χ1) is 9.35. The zero-order chi connectivity index (χ0) is 15.3. The van der Waals surface area contributed by atoms with Crippen molar-refractivity contribution in [3.63, 3.8) is 0 Å². The Morgan fingerprint density at radius 1 is 1.30 bits per heavy atom. The smallest absolute Gasteiger partial charge is 0.244 e. The van der Waals surface area contributed by atoms with E-state index in [2.05, 4.69) is 5.32 Å². The lowest BCUT2D eigenvalue weighted by molar-refractivity contribution is -0.134.